The van der Waals surface area contributed by atoms with Gasteiger partial charge in [-0.15, -0.1) is 11.6 Å². The summed E-state index contributed by atoms with van der Waals surface area (Å²) in [6.45, 7) is 0.0574. The number of hydrogen-bond acceptors (Lipinski definition) is 2. The molecule has 2 nitrogen and oxygen atoms in total. The van der Waals surface area contributed by atoms with E-state index in [2.05, 4.69) is 4.98 Å². The first-order valence-electron chi connectivity index (χ1n) is 5.25. The van der Waals surface area contributed by atoms with Crippen LogP contribution in [0.25, 0.3) is 0 Å². The lowest BCUT2D eigenvalue weighted by Gasteiger charge is -2.08. The zero-order valence-electron chi connectivity index (χ0n) is 9.37. The first-order valence-corrected chi connectivity index (χ1v) is 5.79. The van der Waals surface area contributed by atoms with Crippen LogP contribution in [0, 0.1) is 11.6 Å². The van der Waals surface area contributed by atoms with Gasteiger partial charge in [-0.2, -0.15) is 0 Å². The van der Waals surface area contributed by atoms with E-state index in [1.807, 2.05) is 0 Å². The largest absolute Gasteiger partial charge is 0.486 e. The van der Waals surface area contributed by atoms with Gasteiger partial charge in [0.2, 0.25) is 0 Å². The van der Waals surface area contributed by atoms with Crippen molar-refractivity contribution < 1.29 is 13.5 Å². The maximum atomic E-state index is 13.5. The minimum atomic E-state index is -0.488. The van der Waals surface area contributed by atoms with Crippen molar-refractivity contribution in [3.05, 3.63) is 59.4 Å². The number of alkyl halides is 1. The quantitative estimate of drug-likeness (QED) is 0.790. The Morgan fingerprint density at radius 1 is 1.11 bits per heavy atom. The number of hydrogen-bond donors (Lipinski definition) is 0. The summed E-state index contributed by atoms with van der Waals surface area (Å²) in [6.07, 6.45) is 2.56. The second-order valence-electron chi connectivity index (χ2n) is 3.70. The number of pyridine rings is 1. The zero-order valence-corrected chi connectivity index (χ0v) is 10.1. The van der Waals surface area contributed by atoms with Crippen molar-refractivity contribution in [1.82, 2.24) is 4.98 Å². The van der Waals surface area contributed by atoms with Crippen molar-refractivity contribution in [2.45, 2.75) is 12.5 Å². The molecule has 0 atom stereocenters. The topological polar surface area (TPSA) is 22.1 Å². The number of aromatic nitrogens is 1. The fraction of sp³-hybridized carbons (Fsp3) is 0.154. The monoisotopic (exact) mass is 269 g/mol. The molecule has 0 amide bonds. The molecule has 0 aliphatic carbocycles. The van der Waals surface area contributed by atoms with Crippen molar-refractivity contribution in [2.24, 2.45) is 0 Å². The second-order valence-corrected chi connectivity index (χ2v) is 3.97. The van der Waals surface area contributed by atoms with Gasteiger partial charge in [-0.25, -0.2) is 8.78 Å². The molecule has 0 aliphatic rings. The normalized spacial score (nSPS) is 10.4. The highest BCUT2D eigenvalue weighted by molar-refractivity contribution is 6.17. The van der Waals surface area contributed by atoms with Crippen LogP contribution in [0.3, 0.4) is 0 Å². The molecule has 0 fully saturated rings. The summed E-state index contributed by atoms with van der Waals surface area (Å²) in [5, 5.41) is 0. The molecule has 2 rings (SSSR count). The van der Waals surface area contributed by atoms with Gasteiger partial charge < -0.3 is 4.74 Å². The van der Waals surface area contributed by atoms with Gasteiger partial charge in [-0.05, 0) is 23.8 Å². The number of halogens is 3. The molecule has 0 unspecified atom stereocenters. The zero-order chi connectivity index (χ0) is 13.0. The lowest BCUT2D eigenvalue weighted by atomic mass is 10.2. The van der Waals surface area contributed by atoms with E-state index in [1.54, 1.807) is 6.07 Å². The first kappa shape index (κ1) is 12.8. The van der Waals surface area contributed by atoms with E-state index in [9.17, 15) is 8.78 Å². The molecule has 94 valence electrons. The van der Waals surface area contributed by atoms with Crippen LogP contribution in [0.2, 0.25) is 0 Å². The molecule has 0 N–H and O–H groups in total. The summed E-state index contributed by atoms with van der Waals surface area (Å²) in [7, 11) is 0. The van der Waals surface area contributed by atoms with E-state index >= 15 is 0 Å². The van der Waals surface area contributed by atoms with E-state index in [4.69, 9.17) is 16.3 Å². The highest BCUT2D eigenvalue weighted by atomic mass is 35.5. The average molecular weight is 270 g/mol. The van der Waals surface area contributed by atoms with Gasteiger partial charge in [0.15, 0.2) is 11.6 Å². The SMILES string of the molecule is Fc1cncc(COc2ccc(CCl)cc2F)c1. The number of rotatable bonds is 4. The third-order valence-electron chi connectivity index (χ3n) is 2.31. The Labute approximate surface area is 108 Å². The third kappa shape index (κ3) is 3.17. The maximum Gasteiger partial charge on any atom is 0.165 e. The van der Waals surface area contributed by atoms with Crippen LogP contribution >= 0.6 is 11.6 Å². The van der Waals surface area contributed by atoms with Crippen molar-refractivity contribution >= 4 is 11.6 Å². The molecule has 18 heavy (non-hydrogen) atoms. The average Bonchev–Trinajstić information content (AvgIpc) is 2.37. The van der Waals surface area contributed by atoms with Crippen LogP contribution in [0.4, 0.5) is 8.78 Å². The Kier molecular flexibility index (Phi) is 4.10. The summed E-state index contributed by atoms with van der Waals surface area (Å²) in [5.74, 6) is -0.593. The van der Waals surface area contributed by atoms with Crippen molar-refractivity contribution in [3.8, 4) is 5.75 Å². The van der Waals surface area contributed by atoms with E-state index in [0.29, 0.717) is 11.1 Å². The standard InChI is InChI=1S/C13H10ClF2NO/c14-5-9-1-2-13(12(16)4-9)18-8-10-3-11(15)7-17-6-10/h1-4,6-7H,5,8H2. The highest BCUT2D eigenvalue weighted by Gasteiger charge is 2.05. The van der Waals surface area contributed by atoms with E-state index in [-0.39, 0.29) is 18.2 Å². The molecule has 0 saturated carbocycles. The fourth-order valence-electron chi connectivity index (χ4n) is 1.44. The fourth-order valence-corrected chi connectivity index (χ4v) is 1.61. The van der Waals surface area contributed by atoms with Gasteiger partial charge in [0.05, 0.1) is 6.20 Å². The van der Waals surface area contributed by atoms with Crippen molar-refractivity contribution in [3.63, 3.8) is 0 Å². The molecule has 1 aromatic heterocycles. The Balaban J connectivity index is 2.06. The molecule has 0 saturated heterocycles. The summed E-state index contributed by atoms with van der Waals surface area (Å²) >= 11 is 5.58. The molecule has 1 aromatic carbocycles. The van der Waals surface area contributed by atoms with Gasteiger partial charge in [0.1, 0.15) is 12.4 Å². The number of nitrogens with zero attached hydrogens (tertiary/aromatic N) is 1. The molecule has 0 bridgehead atoms. The summed E-state index contributed by atoms with van der Waals surface area (Å²) in [6, 6.07) is 5.78. The van der Waals surface area contributed by atoms with Crippen LogP contribution < -0.4 is 4.74 Å². The van der Waals surface area contributed by atoms with Gasteiger partial charge >= 0.3 is 0 Å². The van der Waals surface area contributed by atoms with E-state index in [1.165, 1.54) is 24.4 Å². The van der Waals surface area contributed by atoms with Crippen LogP contribution in [-0.2, 0) is 12.5 Å². The molecule has 5 heteroatoms. The molecule has 0 spiro atoms. The van der Waals surface area contributed by atoms with Crippen LogP contribution in [-0.4, -0.2) is 4.98 Å². The molecule has 1 heterocycles. The third-order valence-corrected chi connectivity index (χ3v) is 2.62. The predicted molar refractivity (Wildman–Crippen MR) is 64.5 cm³/mol. The predicted octanol–water partition coefficient (Wildman–Crippen LogP) is 3.68. The van der Waals surface area contributed by atoms with Crippen molar-refractivity contribution in [1.29, 1.82) is 0 Å². The van der Waals surface area contributed by atoms with Gasteiger partial charge in [-0.3, -0.25) is 4.98 Å². The Hall–Kier alpha value is -1.68. The van der Waals surface area contributed by atoms with Gasteiger partial charge in [0.25, 0.3) is 0 Å². The van der Waals surface area contributed by atoms with E-state index in [0.717, 1.165) is 6.20 Å². The lowest BCUT2D eigenvalue weighted by Crippen LogP contribution is -1.99. The Morgan fingerprint density at radius 2 is 1.94 bits per heavy atom. The van der Waals surface area contributed by atoms with Crippen LogP contribution in [0.5, 0.6) is 5.75 Å². The summed E-state index contributed by atoms with van der Waals surface area (Å²) in [5.41, 5.74) is 1.21. The smallest absolute Gasteiger partial charge is 0.165 e. The van der Waals surface area contributed by atoms with Gasteiger partial charge in [0, 0.05) is 17.6 Å². The van der Waals surface area contributed by atoms with Crippen LogP contribution in [0.15, 0.2) is 36.7 Å². The molecule has 0 radical (unpaired) electrons. The van der Waals surface area contributed by atoms with E-state index < -0.39 is 11.6 Å². The number of ether oxygens (including phenoxy) is 1. The number of benzene rings is 1. The Morgan fingerprint density at radius 3 is 2.61 bits per heavy atom. The van der Waals surface area contributed by atoms with Gasteiger partial charge in [-0.1, -0.05) is 6.07 Å². The molecular weight excluding hydrogens is 260 g/mol. The lowest BCUT2D eigenvalue weighted by molar-refractivity contribution is 0.289. The Bertz CT molecular complexity index is 548. The maximum absolute atomic E-state index is 13.5. The highest BCUT2D eigenvalue weighted by Crippen LogP contribution is 2.20. The summed E-state index contributed by atoms with van der Waals surface area (Å²) in [4.78, 5) is 3.68. The minimum Gasteiger partial charge on any atom is -0.486 e. The van der Waals surface area contributed by atoms with Crippen LogP contribution in [0.1, 0.15) is 11.1 Å². The first-order chi connectivity index (χ1) is 8.69. The minimum absolute atomic E-state index is 0.0574. The molecular formula is C13H10ClF2NO. The summed E-state index contributed by atoms with van der Waals surface area (Å²) < 4.78 is 31.7. The molecule has 0 aliphatic heterocycles. The molecule has 2 aromatic rings. The second kappa shape index (κ2) is 5.78. The van der Waals surface area contributed by atoms with Crippen molar-refractivity contribution in [2.75, 3.05) is 0 Å².